The number of rotatable bonds is 20. The molecule has 0 aliphatic rings. The summed E-state index contributed by atoms with van der Waals surface area (Å²) in [6, 6.07) is 9.37. The third kappa shape index (κ3) is 15.0. The highest BCUT2D eigenvalue weighted by molar-refractivity contribution is 6.10. The van der Waals surface area contributed by atoms with Crippen molar-refractivity contribution in [2.24, 2.45) is 0 Å². The average molecular weight is 681 g/mol. The number of hydrogen-bond donors (Lipinski definition) is 0. The van der Waals surface area contributed by atoms with Gasteiger partial charge in [0, 0.05) is 12.8 Å². The van der Waals surface area contributed by atoms with E-state index in [1.807, 2.05) is 13.8 Å². The van der Waals surface area contributed by atoms with Crippen molar-refractivity contribution in [3.05, 3.63) is 59.7 Å². The van der Waals surface area contributed by atoms with Crippen LogP contribution in [0.5, 0.6) is 23.0 Å². The van der Waals surface area contributed by atoms with Gasteiger partial charge in [-0.25, -0.2) is 0 Å². The molecule has 2 rings (SSSR count). The van der Waals surface area contributed by atoms with Gasteiger partial charge in [0.1, 0.15) is 12.2 Å². The number of carbonyl (C=O) groups is 6. The molecule has 0 radical (unpaired) electrons. The smallest absolute Gasteiger partial charge is 0.315 e. The van der Waals surface area contributed by atoms with E-state index < -0.39 is 35.7 Å². The Bertz CT molecular complexity index is 1420. The van der Waals surface area contributed by atoms with E-state index in [-0.39, 0.29) is 67.0 Å². The Morgan fingerprint density at radius 2 is 0.980 bits per heavy atom. The SMILES string of the molecule is CCCC(=O)O[C@H](C)CC(=O)Oc1ccc(/C=C/C(=O)CC(=O)/C=C/c2ccc(OC(=O)C[C@@H](C)OC(=O)CCC)c(OC)c2)cc1OC. The lowest BCUT2D eigenvalue weighted by atomic mass is 10.1. The van der Waals surface area contributed by atoms with Crippen LogP contribution in [0.15, 0.2) is 48.6 Å². The Morgan fingerprint density at radius 3 is 1.33 bits per heavy atom. The fraction of sp³-hybridized carbons (Fsp3) is 0.405. The quantitative estimate of drug-likeness (QED) is 0.0695. The maximum absolute atomic E-state index is 12.5. The molecule has 2 aromatic carbocycles. The summed E-state index contributed by atoms with van der Waals surface area (Å²) in [5.74, 6) is -2.04. The number of methoxy groups -OCH3 is 2. The lowest BCUT2D eigenvalue weighted by molar-refractivity contribution is -0.153. The van der Waals surface area contributed by atoms with E-state index in [4.69, 9.17) is 28.4 Å². The Labute approximate surface area is 286 Å². The lowest BCUT2D eigenvalue weighted by Gasteiger charge is -2.14. The van der Waals surface area contributed by atoms with E-state index in [9.17, 15) is 28.8 Å². The third-order valence-electron chi connectivity index (χ3n) is 6.58. The lowest BCUT2D eigenvalue weighted by Crippen LogP contribution is -2.21. The summed E-state index contributed by atoms with van der Waals surface area (Å²) in [5.41, 5.74) is 1.13. The zero-order valence-corrected chi connectivity index (χ0v) is 28.8. The summed E-state index contributed by atoms with van der Waals surface area (Å²) in [5, 5.41) is 0. The van der Waals surface area contributed by atoms with Crippen molar-refractivity contribution in [1.29, 1.82) is 0 Å². The van der Waals surface area contributed by atoms with E-state index in [1.54, 1.807) is 38.1 Å². The van der Waals surface area contributed by atoms with Crippen molar-refractivity contribution in [3.8, 4) is 23.0 Å². The predicted molar refractivity (Wildman–Crippen MR) is 180 cm³/mol. The van der Waals surface area contributed by atoms with E-state index in [2.05, 4.69) is 0 Å². The van der Waals surface area contributed by atoms with Gasteiger partial charge in [-0.15, -0.1) is 0 Å². The van der Waals surface area contributed by atoms with Crippen molar-refractivity contribution in [2.75, 3.05) is 14.2 Å². The van der Waals surface area contributed by atoms with Crippen LogP contribution >= 0.6 is 0 Å². The molecule has 0 spiro atoms. The summed E-state index contributed by atoms with van der Waals surface area (Å²) in [6.45, 7) is 6.91. The highest BCUT2D eigenvalue weighted by Crippen LogP contribution is 2.30. The van der Waals surface area contributed by atoms with Gasteiger partial charge in [0.05, 0.1) is 33.5 Å². The monoisotopic (exact) mass is 680 g/mol. The maximum Gasteiger partial charge on any atom is 0.315 e. The Hall–Kier alpha value is -5.26. The van der Waals surface area contributed by atoms with Crippen molar-refractivity contribution < 1.29 is 57.2 Å². The number of ether oxygens (including phenoxy) is 6. The molecule has 0 aliphatic carbocycles. The summed E-state index contributed by atoms with van der Waals surface area (Å²) < 4.78 is 31.7. The van der Waals surface area contributed by atoms with Crippen LogP contribution < -0.4 is 18.9 Å². The first kappa shape index (κ1) is 39.9. The van der Waals surface area contributed by atoms with Gasteiger partial charge in [0.15, 0.2) is 34.6 Å². The van der Waals surface area contributed by atoms with E-state index in [0.29, 0.717) is 24.0 Å². The third-order valence-corrected chi connectivity index (χ3v) is 6.58. The molecule has 0 amide bonds. The van der Waals surface area contributed by atoms with Crippen LogP contribution in [-0.4, -0.2) is 61.9 Å². The van der Waals surface area contributed by atoms with Gasteiger partial charge in [0.25, 0.3) is 0 Å². The van der Waals surface area contributed by atoms with Crippen LogP contribution in [-0.2, 0) is 38.2 Å². The van der Waals surface area contributed by atoms with E-state index in [1.165, 1.54) is 50.7 Å². The Kier molecular flexibility index (Phi) is 17.0. The van der Waals surface area contributed by atoms with Gasteiger partial charge in [-0.05, 0) is 74.2 Å². The molecule has 0 saturated carbocycles. The van der Waals surface area contributed by atoms with Crippen LogP contribution in [0, 0.1) is 0 Å². The molecule has 0 N–H and O–H groups in total. The molecule has 12 nitrogen and oxygen atoms in total. The molecule has 0 unspecified atom stereocenters. The first-order valence-electron chi connectivity index (χ1n) is 15.9. The van der Waals surface area contributed by atoms with Crippen LogP contribution in [0.1, 0.15) is 83.8 Å². The van der Waals surface area contributed by atoms with Crippen LogP contribution in [0.4, 0.5) is 0 Å². The second-order valence-corrected chi connectivity index (χ2v) is 11.1. The molecule has 12 heteroatoms. The summed E-state index contributed by atoms with van der Waals surface area (Å²) in [6.07, 6.45) is 5.41. The maximum atomic E-state index is 12.5. The highest BCUT2D eigenvalue weighted by atomic mass is 16.6. The molecule has 0 aliphatic heterocycles. The van der Waals surface area contributed by atoms with Crippen molar-refractivity contribution in [2.45, 2.75) is 84.8 Å². The molecule has 49 heavy (non-hydrogen) atoms. The van der Waals surface area contributed by atoms with Gasteiger partial charge >= 0.3 is 23.9 Å². The molecule has 2 atom stereocenters. The zero-order chi connectivity index (χ0) is 36.3. The van der Waals surface area contributed by atoms with Gasteiger partial charge in [0.2, 0.25) is 0 Å². The molecule has 0 saturated heterocycles. The number of hydrogen-bond acceptors (Lipinski definition) is 12. The molecule has 0 aromatic heterocycles. The van der Waals surface area contributed by atoms with E-state index >= 15 is 0 Å². The molecular formula is C37H44O12. The first-order valence-corrected chi connectivity index (χ1v) is 15.9. The molecule has 2 aromatic rings. The average Bonchev–Trinajstić information content (AvgIpc) is 3.03. The number of ketones is 2. The van der Waals surface area contributed by atoms with Crippen molar-refractivity contribution in [1.82, 2.24) is 0 Å². The topological polar surface area (TPSA) is 158 Å². The second-order valence-electron chi connectivity index (χ2n) is 11.1. The number of benzene rings is 2. The summed E-state index contributed by atoms with van der Waals surface area (Å²) >= 11 is 0. The van der Waals surface area contributed by atoms with Gasteiger partial charge in [-0.3, -0.25) is 28.8 Å². The van der Waals surface area contributed by atoms with Crippen LogP contribution in [0.2, 0.25) is 0 Å². The zero-order valence-electron chi connectivity index (χ0n) is 28.8. The minimum absolute atomic E-state index is 0.134. The van der Waals surface area contributed by atoms with Gasteiger partial charge < -0.3 is 28.4 Å². The molecule has 0 heterocycles. The molecule has 0 bridgehead atoms. The second kappa shape index (κ2) is 20.9. The standard InChI is InChI=1S/C37H44O12/c1-7-9-34(40)46-24(3)19-36(42)48-30-17-13-26(21-32(30)44-5)11-15-28(38)23-29(39)16-12-27-14-18-31(33(22-27)45-6)49-37(43)20-25(4)47-35(41)10-8-2/h11-18,21-22,24-25H,7-10,19-20,23H2,1-6H3/b15-11+,16-12+/t24-,25-/m1/s1. The number of esters is 4. The van der Waals surface area contributed by atoms with Crippen LogP contribution in [0.25, 0.3) is 12.2 Å². The van der Waals surface area contributed by atoms with E-state index in [0.717, 1.165) is 0 Å². The normalized spacial score (nSPS) is 12.2. The van der Waals surface area contributed by atoms with Crippen LogP contribution in [0.3, 0.4) is 0 Å². The fourth-order valence-electron chi connectivity index (χ4n) is 4.27. The highest BCUT2D eigenvalue weighted by Gasteiger charge is 2.18. The molecule has 0 fully saturated rings. The first-order chi connectivity index (χ1) is 23.4. The minimum Gasteiger partial charge on any atom is -0.493 e. The largest absolute Gasteiger partial charge is 0.493 e. The predicted octanol–water partition coefficient (Wildman–Crippen LogP) is 6.01. The Balaban J connectivity index is 1.93. The molecular weight excluding hydrogens is 636 g/mol. The summed E-state index contributed by atoms with van der Waals surface area (Å²) in [7, 11) is 2.80. The Morgan fingerprint density at radius 1 is 0.592 bits per heavy atom. The van der Waals surface area contributed by atoms with Crippen molar-refractivity contribution >= 4 is 47.6 Å². The van der Waals surface area contributed by atoms with Gasteiger partial charge in [-0.2, -0.15) is 0 Å². The number of carbonyl (C=O) groups excluding carboxylic acids is 6. The minimum atomic E-state index is -0.645. The summed E-state index contributed by atoms with van der Waals surface area (Å²) in [4.78, 5) is 72.9. The number of allylic oxidation sites excluding steroid dienone is 2. The molecule has 264 valence electrons. The van der Waals surface area contributed by atoms with Crippen molar-refractivity contribution in [3.63, 3.8) is 0 Å². The van der Waals surface area contributed by atoms with Gasteiger partial charge in [-0.1, -0.05) is 38.1 Å². The fourth-order valence-corrected chi connectivity index (χ4v) is 4.27.